The van der Waals surface area contributed by atoms with Crippen LogP contribution >= 0.6 is 0 Å². The van der Waals surface area contributed by atoms with Crippen LogP contribution in [0.2, 0.25) is 0 Å². The fraction of sp³-hybridized carbons (Fsp3) is 0.143. The van der Waals surface area contributed by atoms with Crippen LogP contribution in [0.25, 0.3) is 16.8 Å². The Bertz CT molecular complexity index is 858. The van der Waals surface area contributed by atoms with Crippen LogP contribution in [0.4, 0.5) is 5.82 Å². The van der Waals surface area contributed by atoms with Gasteiger partial charge in [0.2, 0.25) is 5.88 Å². The van der Waals surface area contributed by atoms with E-state index in [4.69, 9.17) is 10.5 Å². The van der Waals surface area contributed by atoms with Crippen LogP contribution in [0.15, 0.2) is 30.7 Å². The fourth-order valence-electron chi connectivity index (χ4n) is 2.26. The number of amides is 1. The summed E-state index contributed by atoms with van der Waals surface area (Å²) in [6, 6.07) is 5.28. The quantitative estimate of drug-likeness (QED) is 0.738. The van der Waals surface area contributed by atoms with Crippen LogP contribution in [-0.2, 0) is 0 Å². The van der Waals surface area contributed by atoms with Crippen LogP contribution in [0.1, 0.15) is 10.4 Å². The minimum atomic E-state index is -0.258. The van der Waals surface area contributed by atoms with E-state index in [-0.39, 0.29) is 11.7 Å². The van der Waals surface area contributed by atoms with E-state index in [2.05, 4.69) is 20.4 Å². The molecule has 3 aromatic heterocycles. The molecular formula is C14H14N6O2. The lowest BCUT2D eigenvalue weighted by Gasteiger charge is -2.04. The van der Waals surface area contributed by atoms with Gasteiger partial charge in [0.15, 0.2) is 5.82 Å². The first-order chi connectivity index (χ1) is 10.7. The van der Waals surface area contributed by atoms with E-state index in [0.29, 0.717) is 22.7 Å². The molecule has 3 heterocycles. The second kappa shape index (κ2) is 5.32. The third-order valence-electron chi connectivity index (χ3n) is 3.29. The minimum Gasteiger partial charge on any atom is -0.481 e. The van der Waals surface area contributed by atoms with E-state index in [0.717, 1.165) is 5.56 Å². The van der Waals surface area contributed by atoms with Crippen molar-refractivity contribution in [2.75, 3.05) is 19.9 Å². The number of methoxy groups -OCH3 is 1. The Morgan fingerprint density at radius 3 is 2.91 bits per heavy atom. The zero-order valence-electron chi connectivity index (χ0n) is 12.1. The summed E-state index contributed by atoms with van der Waals surface area (Å²) in [5.41, 5.74) is 8.28. The van der Waals surface area contributed by atoms with Crippen molar-refractivity contribution in [2.24, 2.45) is 0 Å². The number of anilines is 1. The predicted molar refractivity (Wildman–Crippen MR) is 80.6 cm³/mol. The van der Waals surface area contributed by atoms with Crippen molar-refractivity contribution in [2.45, 2.75) is 0 Å². The zero-order chi connectivity index (χ0) is 15.7. The van der Waals surface area contributed by atoms with Crippen molar-refractivity contribution in [3.8, 4) is 17.1 Å². The maximum atomic E-state index is 12.1. The highest BCUT2D eigenvalue weighted by atomic mass is 16.5. The average molecular weight is 298 g/mol. The molecule has 8 heteroatoms. The molecule has 0 spiro atoms. The Balaban J connectivity index is 2.30. The first-order valence-corrected chi connectivity index (χ1v) is 6.50. The number of nitrogen functional groups attached to an aromatic ring is 1. The number of carbonyl (C=O) groups excluding carboxylic acids is 1. The van der Waals surface area contributed by atoms with Crippen LogP contribution in [0.3, 0.4) is 0 Å². The van der Waals surface area contributed by atoms with Gasteiger partial charge in [-0.25, -0.2) is 14.5 Å². The topological polar surface area (TPSA) is 107 Å². The third-order valence-corrected chi connectivity index (χ3v) is 3.29. The average Bonchev–Trinajstić information content (AvgIpc) is 2.95. The molecule has 0 aromatic carbocycles. The summed E-state index contributed by atoms with van der Waals surface area (Å²) in [4.78, 5) is 20.1. The summed E-state index contributed by atoms with van der Waals surface area (Å²) in [7, 11) is 3.10. The second-order valence-corrected chi connectivity index (χ2v) is 4.51. The molecule has 0 radical (unpaired) electrons. The molecule has 112 valence electrons. The molecule has 0 saturated carbocycles. The van der Waals surface area contributed by atoms with Crippen LogP contribution in [-0.4, -0.2) is 39.6 Å². The van der Waals surface area contributed by atoms with Gasteiger partial charge < -0.3 is 15.8 Å². The Labute approximate surface area is 125 Å². The summed E-state index contributed by atoms with van der Waals surface area (Å²) < 4.78 is 6.72. The Hall–Kier alpha value is -3.16. The van der Waals surface area contributed by atoms with Gasteiger partial charge in [0.25, 0.3) is 5.91 Å². The molecule has 1 amide bonds. The lowest BCUT2D eigenvalue weighted by atomic mass is 10.1. The molecule has 0 atom stereocenters. The molecular weight excluding hydrogens is 284 g/mol. The smallest absolute Gasteiger partial charge is 0.253 e. The molecule has 0 saturated heterocycles. The normalized spacial score (nSPS) is 10.6. The maximum absolute atomic E-state index is 12.1. The van der Waals surface area contributed by atoms with Gasteiger partial charge in [-0.05, 0) is 12.1 Å². The minimum absolute atomic E-state index is 0.237. The molecule has 0 fully saturated rings. The number of hydrogen-bond donors (Lipinski definition) is 2. The summed E-state index contributed by atoms with van der Waals surface area (Å²) in [5, 5.41) is 6.78. The van der Waals surface area contributed by atoms with Crippen LogP contribution in [0, 0.1) is 0 Å². The van der Waals surface area contributed by atoms with Gasteiger partial charge in [0, 0.05) is 24.9 Å². The molecule has 0 bridgehead atoms. The molecule has 3 aromatic rings. The lowest BCUT2D eigenvalue weighted by molar-refractivity contribution is 0.0965. The highest BCUT2D eigenvalue weighted by Crippen LogP contribution is 2.28. The number of carbonyl (C=O) groups is 1. The second-order valence-electron chi connectivity index (χ2n) is 4.51. The van der Waals surface area contributed by atoms with Gasteiger partial charge in [0.05, 0.1) is 18.4 Å². The fourth-order valence-corrected chi connectivity index (χ4v) is 2.26. The summed E-state index contributed by atoms with van der Waals surface area (Å²) >= 11 is 0. The number of nitrogens with one attached hydrogen (secondary N) is 1. The first-order valence-electron chi connectivity index (χ1n) is 6.50. The van der Waals surface area contributed by atoms with Gasteiger partial charge in [0.1, 0.15) is 11.8 Å². The van der Waals surface area contributed by atoms with Crippen molar-refractivity contribution in [3.63, 3.8) is 0 Å². The van der Waals surface area contributed by atoms with Gasteiger partial charge in [-0.15, -0.1) is 0 Å². The number of rotatable bonds is 3. The van der Waals surface area contributed by atoms with Crippen molar-refractivity contribution in [3.05, 3.63) is 36.3 Å². The summed E-state index contributed by atoms with van der Waals surface area (Å²) in [6.45, 7) is 0. The SMILES string of the molecule is CNC(=O)c1cc(-c2ccnc(OC)c2)n2ncnc(N)c12. The van der Waals surface area contributed by atoms with Crippen molar-refractivity contribution < 1.29 is 9.53 Å². The zero-order valence-corrected chi connectivity index (χ0v) is 12.1. The molecule has 0 unspecified atom stereocenters. The van der Waals surface area contributed by atoms with E-state index in [9.17, 15) is 4.79 Å². The molecule has 0 aliphatic heterocycles. The number of nitrogens with zero attached hydrogens (tertiary/aromatic N) is 4. The molecule has 22 heavy (non-hydrogen) atoms. The summed E-state index contributed by atoms with van der Waals surface area (Å²) in [5.74, 6) is 0.447. The molecule has 8 nitrogen and oxygen atoms in total. The number of hydrogen-bond acceptors (Lipinski definition) is 6. The highest BCUT2D eigenvalue weighted by molar-refractivity contribution is 6.04. The van der Waals surface area contributed by atoms with E-state index in [1.54, 1.807) is 43.1 Å². The largest absolute Gasteiger partial charge is 0.481 e. The summed E-state index contributed by atoms with van der Waals surface area (Å²) in [6.07, 6.45) is 2.97. The van der Waals surface area contributed by atoms with Crippen molar-refractivity contribution >= 4 is 17.2 Å². The Morgan fingerprint density at radius 2 is 2.18 bits per heavy atom. The van der Waals surface area contributed by atoms with E-state index in [1.807, 2.05) is 0 Å². The first kappa shape index (κ1) is 13.8. The Kier molecular flexibility index (Phi) is 3.34. The lowest BCUT2D eigenvalue weighted by Crippen LogP contribution is -2.18. The number of aromatic nitrogens is 4. The Morgan fingerprint density at radius 1 is 1.36 bits per heavy atom. The maximum Gasteiger partial charge on any atom is 0.253 e. The van der Waals surface area contributed by atoms with Gasteiger partial charge >= 0.3 is 0 Å². The van der Waals surface area contributed by atoms with Gasteiger partial charge in [-0.1, -0.05) is 0 Å². The molecule has 0 aliphatic carbocycles. The van der Waals surface area contributed by atoms with E-state index >= 15 is 0 Å². The molecule has 3 rings (SSSR count). The number of pyridine rings is 1. The number of ether oxygens (including phenoxy) is 1. The monoisotopic (exact) mass is 298 g/mol. The number of fused-ring (bicyclic) bond motifs is 1. The van der Waals surface area contributed by atoms with Gasteiger partial charge in [-0.2, -0.15) is 5.10 Å². The molecule has 3 N–H and O–H groups in total. The van der Waals surface area contributed by atoms with Crippen LogP contribution < -0.4 is 15.8 Å². The van der Waals surface area contributed by atoms with Crippen LogP contribution in [0.5, 0.6) is 5.88 Å². The third kappa shape index (κ3) is 2.10. The van der Waals surface area contributed by atoms with E-state index < -0.39 is 0 Å². The standard InChI is InChI=1S/C14H14N6O2/c1-16-14(21)9-6-10(8-3-4-17-11(5-8)22-2)20-12(9)13(15)18-7-19-20/h3-7H,1-2H3,(H,16,21)(H2,15,18,19). The van der Waals surface area contributed by atoms with Crippen molar-refractivity contribution in [1.82, 2.24) is 24.9 Å². The molecule has 0 aliphatic rings. The highest BCUT2D eigenvalue weighted by Gasteiger charge is 2.19. The van der Waals surface area contributed by atoms with E-state index in [1.165, 1.54) is 6.33 Å². The van der Waals surface area contributed by atoms with Gasteiger partial charge in [-0.3, -0.25) is 4.79 Å². The van der Waals surface area contributed by atoms with Crippen molar-refractivity contribution in [1.29, 1.82) is 0 Å². The number of nitrogens with two attached hydrogens (primary N) is 1. The predicted octanol–water partition coefficient (Wildman–Crippen LogP) is 0.742.